The van der Waals surface area contributed by atoms with Gasteiger partial charge in [-0.1, -0.05) is 16.2 Å². The van der Waals surface area contributed by atoms with E-state index < -0.39 is 5.66 Å². The molecule has 2 aromatic heterocycles. The van der Waals surface area contributed by atoms with Crippen molar-refractivity contribution in [3.63, 3.8) is 0 Å². The molecule has 0 radical (unpaired) electrons. The highest BCUT2D eigenvalue weighted by Crippen LogP contribution is 2.37. The smallest absolute Gasteiger partial charge is 0.285 e. The van der Waals surface area contributed by atoms with Crippen molar-refractivity contribution in [2.75, 3.05) is 13.7 Å². The number of pyridine rings is 1. The highest BCUT2D eigenvalue weighted by Gasteiger charge is 2.28. The maximum absolute atomic E-state index is 13.9. The number of hydrogen-bond acceptors (Lipinski definition) is 5. The Morgan fingerprint density at radius 1 is 1.30 bits per heavy atom. The number of allylic oxidation sites excluding steroid dienone is 3. The summed E-state index contributed by atoms with van der Waals surface area (Å²) in [6.45, 7) is 9.56. The molecule has 0 saturated carbocycles. The highest BCUT2D eigenvalue weighted by molar-refractivity contribution is 7.17. The van der Waals surface area contributed by atoms with Gasteiger partial charge in [0.1, 0.15) is 5.82 Å². The van der Waals surface area contributed by atoms with Crippen molar-refractivity contribution in [3.8, 4) is 0 Å². The second-order valence-electron chi connectivity index (χ2n) is 8.38. The molecule has 0 fully saturated rings. The van der Waals surface area contributed by atoms with Gasteiger partial charge in [0.2, 0.25) is 0 Å². The van der Waals surface area contributed by atoms with Gasteiger partial charge in [-0.15, -0.1) is 0 Å². The third kappa shape index (κ3) is 5.74. The zero-order valence-corrected chi connectivity index (χ0v) is 20.9. The van der Waals surface area contributed by atoms with E-state index in [1.165, 1.54) is 17.8 Å². The minimum atomic E-state index is -3.01. The molecule has 0 aromatic carbocycles. The molecule has 178 valence electrons. The fraction of sp³-hybridized carbons (Fsp3) is 0.458. The van der Waals surface area contributed by atoms with Crippen molar-refractivity contribution in [3.05, 3.63) is 73.9 Å². The highest BCUT2D eigenvalue weighted by atomic mass is 31.0. The number of H-pyrrole nitrogens is 1. The molecule has 1 aliphatic heterocycles. The van der Waals surface area contributed by atoms with Crippen molar-refractivity contribution in [1.29, 1.82) is 0 Å². The molecule has 3 rings (SSSR count). The van der Waals surface area contributed by atoms with Crippen molar-refractivity contribution in [2.45, 2.75) is 59.4 Å². The second-order valence-corrected chi connectivity index (χ2v) is 9.10. The first kappa shape index (κ1) is 25.2. The number of nitrogens with one attached hydrogen (secondary N) is 1. The lowest BCUT2D eigenvalue weighted by molar-refractivity contribution is 0.103. The topological polar surface area (TPSA) is 71.1 Å². The van der Waals surface area contributed by atoms with Gasteiger partial charge in [0.15, 0.2) is 0 Å². The first-order valence-corrected chi connectivity index (χ1v) is 11.5. The summed E-state index contributed by atoms with van der Waals surface area (Å²) in [6, 6.07) is 2.98. The Morgan fingerprint density at radius 2 is 2.03 bits per heavy atom. The van der Waals surface area contributed by atoms with Crippen molar-refractivity contribution >= 4 is 14.8 Å². The summed E-state index contributed by atoms with van der Waals surface area (Å²) in [7, 11) is 3.14. The molecule has 1 unspecified atom stereocenters. The Bertz CT molecular complexity index is 1150. The molecule has 1 aliphatic rings. The van der Waals surface area contributed by atoms with Crippen molar-refractivity contribution in [2.24, 2.45) is 0 Å². The summed E-state index contributed by atoms with van der Waals surface area (Å²) < 4.78 is 32.8. The molecule has 1 atom stereocenters. The maximum atomic E-state index is 13.9. The molecule has 0 saturated heterocycles. The number of ether oxygens (including phenoxy) is 1. The zero-order chi connectivity index (χ0) is 24.3. The van der Waals surface area contributed by atoms with E-state index in [4.69, 9.17) is 4.74 Å². The van der Waals surface area contributed by atoms with Gasteiger partial charge in [-0.2, -0.15) is 8.78 Å². The number of rotatable bonds is 7. The van der Waals surface area contributed by atoms with Gasteiger partial charge >= 0.3 is 0 Å². The summed E-state index contributed by atoms with van der Waals surface area (Å²) in [6.07, 6.45) is 2.77. The standard InChI is InChI=1S/C24H31F2N4O2P/c1-6-14(2)22(15(3)16(4)23-28-19(13-32-5)10-21(31)29-23)30-8-7-20-17(12-30)9-18(11-27-20)24(25,26)33/h9-11H,6-8,12-13,33H2,1-5H3,(H,28,29,31)/b16-15-,22-14-. The quantitative estimate of drug-likeness (QED) is 0.461. The summed E-state index contributed by atoms with van der Waals surface area (Å²) in [5.74, 6) is 0.498. The lowest BCUT2D eigenvalue weighted by Gasteiger charge is -2.35. The molecular weight excluding hydrogens is 445 g/mol. The lowest BCUT2D eigenvalue weighted by atomic mass is 9.97. The molecule has 6 nitrogen and oxygen atoms in total. The van der Waals surface area contributed by atoms with E-state index in [0.717, 1.165) is 41.1 Å². The predicted octanol–water partition coefficient (Wildman–Crippen LogP) is 4.77. The Hall–Kier alpha value is -2.44. The van der Waals surface area contributed by atoms with E-state index in [0.29, 0.717) is 24.5 Å². The third-order valence-electron chi connectivity index (χ3n) is 6.04. The number of nitrogens with zero attached hydrogens (tertiary/aromatic N) is 3. The van der Waals surface area contributed by atoms with Crippen LogP contribution in [0.4, 0.5) is 8.78 Å². The Morgan fingerprint density at radius 3 is 2.67 bits per heavy atom. The van der Waals surface area contributed by atoms with Crippen LogP contribution in [0.15, 0.2) is 40.0 Å². The number of aromatic nitrogens is 3. The minimum Gasteiger partial charge on any atom is -0.378 e. The van der Waals surface area contributed by atoms with Gasteiger partial charge in [-0.3, -0.25) is 9.78 Å². The molecule has 33 heavy (non-hydrogen) atoms. The fourth-order valence-corrected chi connectivity index (χ4v) is 4.21. The van der Waals surface area contributed by atoms with Gasteiger partial charge in [0.05, 0.1) is 12.3 Å². The van der Waals surface area contributed by atoms with Crippen LogP contribution in [0, 0.1) is 0 Å². The maximum Gasteiger partial charge on any atom is 0.285 e. The Balaban J connectivity index is 2.03. The van der Waals surface area contributed by atoms with Crippen molar-refractivity contribution < 1.29 is 13.5 Å². The van der Waals surface area contributed by atoms with E-state index >= 15 is 0 Å². The number of fused-ring (bicyclic) bond motifs is 1. The van der Waals surface area contributed by atoms with Gasteiger partial charge in [-0.25, -0.2) is 4.98 Å². The van der Waals surface area contributed by atoms with Gasteiger partial charge in [0, 0.05) is 55.8 Å². The molecule has 9 heteroatoms. The van der Waals surface area contributed by atoms with Gasteiger partial charge in [0.25, 0.3) is 11.2 Å². The number of halogens is 2. The number of aromatic amines is 1. The summed E-state index contributed by atoms with van der Waals surface area (Å²) in [5.41, 5.74) is 2.92. The van der Waals surface area contributed by atoms with Crippen LogP contribution in [0.5, 0.6) is 0 Å². The van der Waals surface area contributed by atoms with E-state index in [-0.39, 0.29) is 17.7 Å². The van der Waals surface area contributed by atoms with Crippen LogP contribution in [-0.4, -0.2) is 33.5 Å². The van der Waals surface area contributed by atoms with Crippen LogP contribution in [0.3, 0.4) is 0 Å². The van der Waals surface area contributed by atoms with Crippen LogP contribution < -0.4 is 5.56 Å². The summed E-state index contributed by atoms with van der Waals surface area (Å²) >= 11 is 0. The first-order valence-electron chi connectivity index (χ1n) is 10.9. The molecule has 1 N–H and O–H groups in total. The Kier molecular flexibility index (Phi) is 7.80. The second kappa shape index (κ2) is 10.2. The summed E-state index contributed by atoms with van der Waals surface area (Å²) in [4.78, 5) is 26.1. The fourth-order valence-electron chi connectivity index (χ4n) is 4.06. The van der Waals surface area contributed by atoms with Gasteiger partial charge < -0.3 is 14.6 Å². The minimum absolute atomic E-state index is 0.106. The van der Waals surface area contributed by atoms with Crippen LogP contribution in [0.25, 0.3) is 5.57 Å². The molecule has 0 bridgehead atoms. The SMILES string of the molecule is CC/C(C)=C(/C(C)=C(/C)c1nc(COC)cc(=O)[nH]1)N1CCc2ncc(C(F)(F)P)cc2C1. The largest absolute Gasteiger partial charge is 0.378 e. The van der Waals surface area contributed by atoms with E-state index in [2.05, 4.69) is 33.7 Å². The van der Waals surface area contributed by atoms with E-state index in [1.807, 2.05) is 13.8 Å². The number of methoxy groups -OCH3 is 1. The van der Waals surface area contributed by atoms with Crippen molar-refractivity contribution in [1.82, 2.24) is 19.9 Å². The molecular formula is C24H31F2N4O2P. The average Bonchev–Trinajstić information content (AvgIpc) is 2.77. The van der Waals surface area contributed by atoms with Crippen LogP contribution >= 0.6 is 9.24 Å². The normalized spacial score (nSPS) is 15.7. The average molecular weight is 477 g/mol. The van der Waals surface area contributed by atoms with Crippen LogP contribution in [-0.2, 0) is 30.0 Å². The molecule has 3 heterocycles. The van der Waals surface area contributed by atoms with Crippen LogP contribution in [0.1, 0.15) is 62.5 Å². The van der Waals surface area contributed by atoms with E-state index in [9.17, 15) is 13.6 Å². The Labute approximate surface area is 195 Å². The van der Waals surface area contributed by atoms with E-state index in [1.54, 1.807) is 22.4 Å². The van der Waals surface area contributed by atoms with Gasteiger partial charge in [-0.05, 0) is 55.5 Å². The first-order chi connectivity index (χ1) is 15.5. The summed E-state index contributed by atoms with van der Waals surface area (Å²) in [5, 5.41) is 0. The van der Waals surface area contributed by atoms with Crippen LogP contribution in [0.2, 0.25) is 0 Å². The predicted molar refractivity (Wildman–Crippen MR) is 129 cm³/mol. The number of hydrogen-bond donors (Lipinski definition) is 1. The monoisotopic (exact) mass is 476 g/mol. The third-order valence-corrected chi connectivity index (χ3v) is 6.37. The zero-order valence-electron chi connectivity index (χ0n) is 19.8. The molecule has 2 aromatic rings. The number of alkyl halides is 2. The lowest BCUT2D eigenvalue weighted by Crippen LogP contribution is -2.32. The molecule has 0 spiro atoms. The molecule has 0 aliphatic carbocycles. The molecule has 0 amide bonds.